The summed E-state index contributed by atoms with van der Waals surface area (Å²) >= 11 is 1.57. The van der Waals surface area contributed by atoms with Crippen molar-refractivity contribution >= 4 is 23.5 Å². The number of halogens is 1. The largest absolute Gasteiger partial charge is 0.508 e. The molecular formula is C21H27FN2O2S. The molecule has 2 aromatic carbocycles. The van der Waals surface area contributed by atoms with E-state index in [1.165, 1.54) is 12.5 Å². The number of phenolic OH excluding ortho intramolecular Hbond substituents is 1. The maximum absolute atomic E-state index is 13.8. The highest BCUT2D eigenvalue weighted by atomic mass is 32.2. The molecule has 1 atom stereocenters. The van der Waals surface area contributed by atoms with E-state index in [9.17, 15) is 14.3 Å². The van der Waals surface area contributed by atoms with E-state index in [0.717, 1.165) is 30.6 Å². The molecule has 6 heteroatoms. The topological polar surface area (TPSA) is 52.6 Å². The Morgan fingerprint density at radius 3 is 2.52 bits per heavy atom. The molecule has 2 aromatic rings. The van der Waals surface area contributed by atoms with Crippen molar-refractivity contribution in [1.29, 1.82) is 0 Å². The van der Waals surface area contributed by atoms with Crippen molar-refractivity contribution in [3.05, 3.63) is 54.3 Å². The van der Waals surface area contributed by atoms with E-state index in [2.05, 4.69) is 12.2 Å². The van der Waals surface area contributed by atoms with Crippen molar-refractivity contribution in [3.8, 4) is 5.75 Å². The molecule has 0 aliphatic heterocycles. The number of phenols is 1. The summed E-state index contributed by atoms with van der Waals surface area (Å²) in [6.07, 6.45) is 5.29. The van der Waals surface area contributed by atoms with Crippen LogP contribution >= 0.6 is 11.8 Å². The molecule has 0 heterocycles. The van der Waals surface area contributed by atoms with Gasteiger partial charge in [-0.15, -0.1) is 11.8 Å². The van der Waals surface area contributed by atoms with Crippen LogP contribution in [0.3, 0.4) is 0 Å². The quantitative estimate of drug-likeness (QED) is 0.310. The molecule has 2 amide bonds. The predicted octanol–water partition coefficient (Wildman–Crippen LogP) is 6.08. The minimum Gasteiger partial charge on any atom is -0.508 e. The first-order valence-corrected chi connectivity index (χ1v) is 10.1. The van der Waals surface area contributed by atoms with Crippen molar-refractivity contribution < 1.29 is 14.3 Å². The SMILES string of the molecule is CCCCCCC(Sc1ccc(O)cc1)N(C)C(=O)Nc1ccccc1F. The van der Waals surface area contributed by atoms with Gasteiger partial charge in [0.05, 0.1) is 11.1 Å². The number of para-hydroxylation sites is 1. The van der Waals surface area contributed by atoms with E-state index in [0.29, 0.717) is 0 Å². The van der Waals surface area contributed by atoms with E-state index in [1.807, 2.05) is 12.1 Å². The number of anilines is 1. The lowest BCUT2D eigenvalue weighted by Crippen LogP contribution is -2.38. The molecule has 2 N–H and O–H groups in total. The highest BCUT2D eigenvalue weighted by Crippen LogP contribution is 2.30. The fraction of sp³-hybridized carbons (Fsp3) is 0.381. The first-order chi connectivity index (χ1) is 13.0. The summed E-state index contributed by atoms with van der Waals surface area (Å²) in [5.41, 5.74) is 0.175. The molecule has 0 saturated heterocycles. The van der Waals surface area contributed by atoms with Crippen molar-refractivity contribution in [1.82, 2.24) is 4.90 Å². The third kappa shape index (κ3) is 6.79. The summed E-state index contributed by atoms with van der Waals surface area (Å²) < 4.78 is 13.8. The number of unbranched alkanes of at least 4 members (excludes halogenated alkanes) is 3. The van der Waals surface area contributed by atoms with Crippen LogP contribution in [0.25, 0.3) is 0 Å². The Bertz CT molecular complexity index is 724. The third-order valence-electron chi connectivity index (χ3n) is 4.28. The first kappa shape index (κ1) is 21.1. The van der Waals surface area contributed by atoms with Crippen LogP contribution in [-0.2, 0) is 0 Å². The van der Waals surface area contributed by atoms with Crippen molar-refractivity contribution in [2.75, 3.05) is 12.4 Å². The number of carbonyl (C=O) groups excluding carboxylic acids is 1. The Hall–Kier alpha value is -2.21. The Balaban J connectivity index is 2.06. The Labute approximate surface area is 164 Å². The van der Waals surface area contributed by atoms with Crippen LogP contribution in [0.4, 0.5) is 14.9 Å². The van der Waals surface area contributed by atoms with E-state index in [4.69, 9.17) is 0 Å². The molecule has 4 nitrogen and oxygen atoms in total. The van der Waals surface area contributed by atoms with Crippen LogP contribution in [0.2, 0.25) is 0 Å². The molecule has 1 unspecified atom stereocenters. The zero-order chi connectivity index (χ0) is 19.6. The monoisotopic (exact) mass is 390 g/mol. The summed E-state index contributed by atoms with van der Waals surface area (Å²) in [4.78, 5) is 15.2. The maximum atomic E-state index is 13.8. The van der Waals surface area contributed by atoms with Crippen LogP contribution in [0.1, 0.15) is 39.0 Å². The second kappa shape index (κ2) is 10.8. The Morgan fingerprint density at radius 2 is 1.85 bits per heavy atom. The zero-order valence-electron chi connectivity index (χ0n) is 15.8. The van der Waals surface area contributed by atoms with Gasteiger partial charge in [0, 0.05) is 11.9 Å². The van der Waals surface area contributed by atoms with Gasteiger partial charge in [0.2, 0.25) is 0 Å². The van der Waals surface area contributed by atoms with E-state index in [1.54, 1.807) is 54.0 Å². The average Bonchev–Trinajstić information content (AvgIpc) is 2.67. The van der Waals surface area contributed by atoms with Crippen LogP contribution in [0.15, 0.2) is 53.4 Å². The molecule has 0 spiro atoms. The summed E-state index contributed by atoms with van der Waals surface area (Å²) in [6.45, 7) is 2.16. The van der Waals surface area contributed by atoms with E-state index < -0.39 is 5.82 Å². The molecule has 0 aliphatic rings. The number of nitrogens with zero attached hydrogens (tertiary/aromatic N) is 1. The fourth-order valence-electron chi connectivity index (χ4n) is 2.66. The molecule has 146 valence electrons. The van der Waals surface area contributed by atoms with Gasteiger partial charge in [0.1, 0.15) is 11.6 Å². The summed E-state index contributed by atoms with van der Waals surface area (Å²) in [7, 11) is 1.73. The lowest BCUT2D eigenvalue weighted by atomic mass is 10.1. The fourth-order valence-corrected chi connectivity index (χ4v) is 3.80. The van der Waals surface area contributed by atoms with Gasteiger partial charge in [-0.3, -0.25) is 0 Å². The molecule has 0 bridgehead atoms. The number of nitrogens with one attached hydrogen (secondary N) is 1. The minimum atomic E-state index is -0.454. The third-order valence-corrected chi connectivity index (χ3v) is 5.65. The summed E-state index contributed by atoms with van der Waals surface area (Å²) in [6, 6.07) is 12.7. The van der Waals surface area contributed by atoms with E-state index in [-0.39, 0.29) is 22.8 Å². The van der Waals surface area contributed by atoms with Crippen LogP contribution < -0.4 is 5.32 Å². The second-order valence-corrected chi connectivity index (χ2v) is 7.69. The molecule has 0 aromatic heterocycles. The molecule has 0 radical (unpaired) electrons. The number of amides is 2. The molecule has 0 aliphatic carbocycles. The maximum Gasteiger partial charge on any atom is 0.322 e. The first-order valence-electron chi connectivity index (χ1n) is 9.25. The normalized spacial score (nSPS) is 11.8. The molecule has 2 rings (SSSR count). The number of hydrogen-bond acceptors (Lipinski definition) is 3. The van der Waals surface area contributed by atoms with Gasteiger partial charge in [-0.2, -0.15) is 0 Å². The summed E-state index contributed by atoms with van der Waals surface area (Å²) in [5.74, 6) is -0.241. The van der Waals surface area contributed by atoms with Crippen LogP contribution in [0, 0.1) is 5.82 Å². The average molecular weight is 391 g/mol. The molecule has 27 heavy (non-hydrogen) atoms. The van der Waals surface area contributed by atoms with E-state index >= 15 is 0 Å². The second-order valence-electron chi connectivity index (χ2n) is 6.44. The Kier molecular flexibility index (Phi) is 8.45. The predicted molar refractivity (Wildman–Crippen MR) is 110 cm³/mol. The van der Waals surface area contributed by atoms with Crippen molar-refractivity contribution in [3.63, 3.8) is 0 Å². The lowest BCUT2D eigenvalue weighted by Gasteiger charge is -2.28. The summed E-state index contributed by atoms with van der Waals surface area (Å²) in [5, 5.41) is 12.0. The van der Waals surface area contributed by atoms with Crippen molar-refractivity contribution in [2.24, 2.45) is 0 Å². The smallest absolute Gasteiger partial charge is 0.322 e. The number of hydrogen-bond donors (Lipinski definition) is 2. The molecular weight excluding hydrogens is 363 g/mol. The standard InChI is InChI=1S/C21H27FN2O2S/c1-3-4-5-6-11-20(27-17-14-12-16(25)13-15-17)24(2)21(26)23-19-10-8-7-9-18(19)22/h7-10,12-15,20,25H,3-6,11H2,1-2H3,(H,23,26). The minimum absolute atomic E-state index is 0.0850. The van der Waals surface area contributed by atoms with Gasteiger partial charge >= 0.3 is 6.03 Å². The van der Waals surface area contributed by atoms with Gasteiger partial charge in [0.15, 0.2) is 0 Å². The van der Waals surface area contributed by atoms with Crippen LogP contribution in [0.5, 0.6) is 5.75 Å². The highest BCUT2D eigenvalue weighted by Gasteiger charge is 2.21. The molecule has 0 saturated carbocycles. The number of carbonyl (C=O) groups is 1. The van der Waals surface area contributed by atoms with Gasteiger partial charge in [-0.25, -0.2) is 9.18 Å². The number of rotatable bonds is 9. The van der Waals surface area contributed by atoms with Gasteiger partial charge < -0.3 is 15.3 Å². The zero-order valence-corrected chi connectivity index (χ0v) is 16.6. The van der Waals surface area contributed by atoms with Crippen LogP contribution in [-0.4, -0.2) is 28.5 Å². The molecule has 0 fully saturated rings. The highest BCUT2D eigenvalue weighted by molar-refractivity contribution is 7.99. The Morgan fingerprint density at radius 1 is 1.15 bits per heavy atom. The van der Waals surface area contributed by atoms with Gasteiger partial charge in [0.25, 0.3) is 0 Å². The number of aromatic hydroxyl groups is 1. The lowest BCUT2D eigenvalue weighted by molar-refractivity contribution is 0.216. The number of benzene rings is 2. The van der Waals surface area contributed by atoms with Gasteiger partial charge in [-0.05, 0) is 42.8 Å². The van der Waals surface area contributed by atoms with Crippen molar-refractivity contribution in [2.45, 2.75) is 49.3 Å². The van der Waals surface area contributed by atoms with Gasteiger partial charge in [-0.1, -0.05) is 44.7 Å². The number of urea groups is 1. The number of thioether (sulfide) groups is 1.